The zero-order valence-electron chi connectivity index (χ0n) is 11.2. The maximum atomic E-state index is 11.1. The standard InChI is InChI=1S/C11H19N7O/c1-17(2)10-14-9(13)15-11(16-10)18-5-3-7(4-6-18)8(12)19/h7H,3-6H2,1-2H3,(H2,12,19)(H2,13,14,15,16). The van der Waals surface area contributed by atoms with Gasteiger partial charge >= 0.3 is 0 Å². The van der Waals surface area contributed by atoms with Gasteiger partial charge in [-0.3, -0.25) is 4.79 Å². The summed E-state index contributed by atoms with van der Waals surface area (Å²) in [6.07, 6.45) is 1.44. The zero-order valence-corrected chi connectivity index (χ0v) is 11.2. The van der Waals surface area contributed by atoms with Crippen molar-refractivity contribution >= 4 is 23.8 Å². The second-order valence-corrected chi connectivity index (χ2v) is 4.85. The van der Waals surface area contributed by atoms with Crippen LogP contribution in [0.3, 0.4) is 0 Å². The van der Waals surface area contributed by atoms with Gasteiger partial charge in [-0.05, 0) is 12.8 Å². The van der Waals surface area contributed by atoms with Crippen LogP contribution in [0.4, 0.5) is 17.8 Å². The van der Waals surface area contributed by atoms with Gasteiger partial charge in [0.1, 0.15) is 0 Å². The maximum absolute atomic E-state index is 11.1. The minimum atomic E-state index is -0.233. The minimum Gasteiger partial charge on any atom is -0.369 e. The van der Waals surface area contributed by atoms with Crippen molar-refractivity contribution in [1.82, 2.24) is 15.0 Å². The minimum absolute atomic E-state index is 0.0521. The molecule has 1 fully saturated rings. The first-order valence-electron chi connectivity index (χ1n) is 6.20. The molecule has 0 bridgehead atoms. The summed E-state index contributed by atoms with van der Waals surface area (Å²) >= 11 is 0. The number of nitrogens with two attached hydrogens (primary N) is 2. The van der Waals surface area contributed by atoms with Crippen LogP contribution < -0.4 is 21.3 Å². The van der Waals surface area contributed by atoms with Gasteiger partial charge in [0, 0.05) is 33.1 Å². The molecule has 1 aliphatic rings. The number of primary amides is 1. The van der Waals surface area contributed by atoms with Crippen molar-refractivity contribution < 1.29 is 4.79 Å². The summed E-state index contributed by atoms with van der Waals surface area (Å²) in [5, 5.41) is 0. The van der Waals surface area contributed by atoms with Gasteiger partial charge in [0.2, 0.25) is 23.8 Å². The first kappa shape index (κ1) is 13.3. The number of amides is 1. The Morgan fingerprint density at radius 1 is 1.26 bits per heavy atom. The Kier molecular flexibility index (Phi) is 3.68. The molecule has 2 rings (SSSR count). The summed E-state index contributed by atoms with van der Waals surface area (Å²) in [6.45, 7) is 1.40. The molecular formula is C11H19N7O. The fourth-order valence-electron chi connectivity index (χ4n) is 2.07. The molecule has 104 valence electrons. The number of piperidine rings is 1. The second kappa shape index (κ2) is 5.25. The quantitative estimate of drug-likeness (QED) is 0.736. The number of nitrogens with zero attached hydrogens (tertiary/aromatic N) is 5. The van der Waals surface area contributed by atoms with E-state index in [2.05, 4.69) is 15.0 Å². The third-order valence-electron chi connectivity index (χ3n) is 3.21. The highest BCUT2D eigenvalue weighted by molar-refractivity contribution is 5.76. The van der Waals surface area contributed by atoms with Crippen molar-refractivity contribution in [2.75, 3.05) is 42.7 Å². The molecule has 1 saturated heterocycles. The van der Waals surface area contributed by atoms with Crippen molar-refractivity contribution in [3.05, 3.63) is 0 Å². The van der Waals surface area contributed by atoms with Crippen molar-refractivity contribution in [3.8, 4) is 0 Å². The summed E-state index contributed by atoms with van der Waals surface area (Å²) < 4.78 is 0. The predicted octanol–water partition coefficient (Wildman–Crippen LogP) is -0.778. The van der Waals surface area contributed by atoms with E-state index in [0.29, 0.717) is 25.0 Å². The number of aromatic nitrogens is 3. The van der Waals surface area contributed by atoms with Crippen LogP contribution >= 0.6 is 0 Å². The lowest BCUT2D eigenvalue weighted by Gasteiger charge is -2.30. The lowest BCUT2D eigenvalue weighted by Crippen LogP contribution is -2.39. The summed E-state index contributed by atoms with van der Waals surface area (Å²) in [7, 11) is 3.69. The number of hydrogen-bond acceptors (Lipinski definition) is 7. The molecule has 1 amide bonds. The van der Waals surface area contributed by atoms with Crippen molar-refractivity contribution in [2.24, 2.45) is 11.7 Å². The van der Waals surface area contributed by atoms with Crippen LogP contribution in [0, 0.1) is 5.92 Å². The highest BCUT2D eigenvalue weighted by atomic mass is 16.1. The molecule has 0 atom stereocenters. The van der Waals surface area contributed by atoms with Gasteiger partial charge in [0.25, 0.3) is 0 Å². The van der Waals surface area contributed by atoms with Crippen LogP contribution in [0.25, 0.3) is 0 Å². The number of hydrogen-bond donors (Lipinski definition) is 2. The van der Waals surface area contributed by atoms with E-state index in [9.17, 15) is 4.79 Å². The summed E-state index contributed by atoms with van der Waals surface area (Å²) in [6, 6.07) is 0. The second-order valence-electron chi connectivity index (χ2n) is 4.85. The van der Waals surface area contributed by atoms with Crippen molar-refractivity contribution in [3.63, 3.8) is 0 Å². The van der Waals surface area contributed by atoms with E-state index in [1.54, 1.807) is 4.90 Å². The van der Waals surface area contributed by atoms with E-state index in [4.69, 9.17) is 11.5 Å². The highest BCUT2D eigenvalue weighted by Crippen LogP contribution is 2.21. The van der Waals surface area contributed by atoms with Crippen LogP contribution in [0.1, 0.15) is 12.8 Å². The fraction of sp³-hybridized carbons (Fsp3) is 0.636. The van der Waals surface area contributed by atoms with E-state index < -0.39 is 0 Å². The van der Waals surface area contributed by atoms with Crippen molar-refractivity contribution in [2.45, 2.75) is 12.8 Å². The number of nitrogen functional groups attached to an aromatic ring is 1. The molecule has 1 aliphatic heterocycles. The Balaban J connectivity index is 2.13. The van der Waals surface area contributed by atoms with Gasteiger partial charge in [-0.1, -0.05) is 0 Å². The Morgan fingerprint density at radius 3 is 2.42 bits per heavy atom. The van der Waals surface area contributed by atoms with E-state index in [-0.39, 0.29) is 17.8 Å². The topological polar surface area (TPSA) is 114 Å². The van der Waals surface area contributed by atoms with Gasteiger partial charge in [-0.15, -0.1) is 0 Å². The molecule has 8 nitrogen and oxygen atoms in total. The van der Waals surface area contributed by atoms with Gasteiger partial charge in [0.15, 0.2) is 0 Å². The van der Waals surface area contributed by atoms with Crippen LogP contribution in [0.5, 0.6) is 0 Å². The van der Waals surface area contributed by atoms with E-state index in [1.165, 1.54) is 0 Å². The molecule has 1 aromatic heterocycles. The fourth-order valence-corrected chi connectivity index (χ4v) is 2.07. The van der Waals surface area contributed by atoms with Gasteiger partial charge < -0.3 is 21.3 Å². The van der Waals surface area contributed by atoms with Crippen LogP contribution in [0.2, 0.25) is 0 Å². The van der Waals surface area contributed by atoms with Crippen molar-refractivity contribution in [1.29, 1.82) is 0 Å². The molecule has 2 heterocycles. The van der Waals surface area contributed by atoms with Gasteiger partial charge in [0.05, 0.1) is 0 Å². The third-order valence-corrected chi connectivity index (χ3v) is 3.21. The largest absolute Gasteiger partial charge is 0.369 e. The normalized spacial score (nSPS) is 16.4. The molecule has 0 saturated carbocycles. The molecule has 0 radical (unpaired) electrons. The van der Waals surface area contributed by atoms with Crippen LogP contribution in [-0.2, 0) is 4.79 Å². The smallest absolute Gasteiger partial charge is 0.231 e. The molecule has 0 aliphatic carbocycles. The lowest BCUT2D eigenvalue weighted by molar-refractivity contribution is -0.122. The van der Waals surface area contributed by atoms with E-state index in [0.717, 1.165) is 12.8 Å². The summed E-state index contributed by atoms with van der Waals surface area (Å²) in [4.78, 5) is 27.5. The number of rotatable bonds is 3. The molecule has 4 N–H and O–H groups in total. The first-order valence-corrected chi connectivity index (χ1v) is 6.20. The number of anilines is 3. The Morgan fingerprint density at radius 2 is 1.89 bits per heavy atom. The van der Waals surface area contributed by atoms with Gasteiger partial charge in [-0.2, -0.15) is 15.0 Å². The maximum Gasteiger partial charge on any atom is 0.231 e. The number of carbonyl (C=O) groups is 1. The SMILES string of the molecule is CN(C)c1nc(N)nc(N2CCC(C(N)=O)CC2)n1. The molecule has 8 heteroatoms. The summed E-state index contributed by atoms with van der Waals surface area (Å²) in [5.74, 6) is 0.997. The van der Waals surface area contributed by atoms with E-state index >= 15 is 0 Å². The average Bonchev–Trinajstić information content (AvgIpc) is 2.38. The van der Waals surface area contributed by atoms with Crippen LogP contribution in [-0.4, -0.2) is 48.0 Å². The lowest BCUT2D eigenvalue weighted by atomic mass is 9.96. The molecule has 0 spiro atoms. The molecule has 19 heavy (non-hydrogen) atoms. The monoisotopic (exact) mass is 265 g/mol. The Bertz CT molecular complexity index is 468. The highest BCUT2D eigenvalue weighted by Gasteiger charge is 2.25. The Hall–Kier alpha value is -2.12. The Labute approximate surface area is 111 Å². The van der Waals surface area contributed by atoms with Crippen LogP contribution in [0.15, 0.2) is 0 Å². The number of carbonyl (C=O) groups excluding carboxylic acids is 1. The third kappa shape index (κ3) is 3.01. The summed E-state index contributed by atoms with van der Waals surface area (Å²) in [5.41, 5.74) is 11.0. The molecule has 0 aromatic carbocycles. The van der Waals surface area contributed by atoms with E-state index in [1.807, 2.05) is 19.0 Å². The molecular weight excluding hydrogens is 246 g/mol. The average molecular weight is 265 g/mol. The first-order chi connectivity index (χ1) is 8.97. The predicted molar refractivity (Wildman–Crippen MR) is 72.7 cm³/mol. The zero-order chi connectivity index (χ0) is 14.0. The van der Waals surface area contributed by atoms with Gasteiger partial charge in [-0.25, -0.2) is 0 Å². The molecule has 1 aromatic rings. The molecule has 0 unspecified atom stereocenters.